The molecule has 0 saturated heterocycles. The molecule has 2 heterocycles. The van der Waals surface area contributed by atoms with Crippen LogP contribution in [0, 0.1) is 0 Å². The van der Waals surface area contributed by atoms with E-state index >= 15 is 0 Å². The number of para-hydroxylation sites is 1. The van der Waals surface area contributed by atoms with E-state index in [1.165, 1.54) is 11.3 Å². The lowest BCUT2D eigenvalue weighted by atomic mass is 10.1. The number of aromatic amines is 1. The summed E-state index contributed by atoms with van der Waals surface area (Å²) in [4.78, 5) is 30.3. The van der Waals surface area contributed by atoms with Crippen LogP contribution in [0.25, 0.3) is 10.9 Å². The van der Waals surface area contributed by atoms with Crippen molar-refractivity contribution in [2.24, 2.45) is 0 Å². The monoisotopic (exact) mass is 483 g/mol. The van der Waals surface area contributed by atoms with Crippen molar-refractivity contribution in [1.82, 2.24) is 20.5 Å². The molecule has 3 N–H and O–H groups in total. The average molecular weight is 484 g/mol. The molecule has 0 aliphatic carbocycles. The lowest BCUT2D eigenvalue weighted by molar-refractivity contribution is -0.117. The molecule has 0 aliphatic rings. The molecule has 2 amide bonds. The minimum atomic E-state index is -0.744. The van der Waals surface area contributed by atoms with Crippen molar-refractivity contribution >= 4 is 55.1 Å². The quantitative estimate of drug-likeness (QED) is 0.383. The molecule has 7 nitrogen and oxygen atoms in total. The number of amides is 2. The Kier molecular flexibility index (Phi) is 5.91. The fourth-order valence-corrected chi connectivity index (χ4v) is 4.05. The molecule has 0 bridgehead atoms. The molecule has 0 saturated carbocycles. The Morgan fingerprint density at radius 3 is 2.73 bits per heavy atom. The number of hydrogen-bond acceptors (Lipinski definition) is 5. The van der Waals surface area contributed by atoms with Gasteiger partial charge in [-0.2, -0.15) is 5.10 Å². The highest BCUT2D eigenvalue weighted by Crippen LogP contribution is 2.22. The van der Waals surface area contributed by atoms with Gasteiger partial charge in [0.1, 0.15) is 6.04 Å². The number of thiazole rings is 1. The topological polar surface area (TPSA) is 99.8 Å². The summed E-state index contributed by atoms with van der Waals surface area (Å²) in [5, 5.41) is 13.5. The first-order chi connectivity index (χ1) is 14.5. The Morgan fingerprint density at radius 2 is 1.93 bits per heavy atom. The van der Waals surface area contributed by atoms with Crippen molar-refractivity contribution in [2.75, 3.05) is 5.32 Å². The number of aromatic nitrogens is 3. The number of fused-ring (bicyclic) bond motifs is 1. The Hall–Kier alpha value is -3.04. The van der Waals surface area contributed by atoms with Gasteiger partial charge in [-0.15, -0.1) is 11.3 Å². The normalized spacial score (nSPS) is 11.9. The van der Waals surface area contributed by atoms with Crippen molar-refractivity contribution in [3.63, 3.8) is 0 Å². The maximum absolute atomic E-state index is 12.5. The first kappa shape index (κ1) is 20.2. The Morgan fingerprint density at radius 1 is 1.17 bits per heavy atom. The van der Waals surface area contributed by atoms with Crippen LogP contribution in [0.4, 0.5) is 5.13 Å². The minimum Gasteiger partial charge on any atom is -0.339 e. The van der Waals surface area contributed by atoms with Gasteiger partial charge in [-0.3, -0.25) is 14.7 Å². The van der Waals surface area contributed by atoms with Gasteiger partial charge in [0.15, 0.2) is 10.8 Å². The second-order valence-electron chi connectivity index (χ2n) is 6.74. The molecular weight excluding hydrogens is 466 g/mol. The SMILES string of the molecule is CC(NC(=O)c1n[nH]c2ccccc12)C(=O)Nc1ncc(Cc2ccc(Br)cc2)s1. The predicted molar refractivity (Wildman–Crippen MR) is 121 cm³/mol. The zero-order chi connectivity index (χ0) is 21.1. The van der Waals surface area contributed by atoms with Gasteiger partial charge in [-0.05, 0) is 30.7 Å². The largest absolute Gasteiger partial charge is 0.339 e. The summed E-state index contributed by atoms with van der Waals surface area (Å²) in [5.74, 6) is -0.752. The number of H-pyrrole nitrogens is 1. The molecule has 4 rings (SSSR count). The lowest BCUT2D eigenvalue weighted by Gasteiger charge is -2.12. The Balaban J connectivity index is 1.36. The molecule has 0 aliphatic heterocycles. The molecule has 0 spiro atoms. The summed E-state index contributed by atoms with van der Waals surface area (Å²) in [7, 11) is 0. The van der Waals surface area contributed by atoms with Crippen LogP contribution in [-0.4, -0.2) is 33.0 Å². The number of nitrogens with one attached hydrogen (secondary N) is 3. The van der Waals surface area contributed by atoms with Crippen molar-refractivity contribution in [3.05, 3.63) is 75.3 Å². The zero-order valence-electron chi connectivity index (χ0n) is 16.0. The predicted octanol–water partition coefficient (Wildman–Crippen LogP) is 4.13. The Labute approximate surface area is 185 Å². The molecule has 1 atom stereocenters. The molecule has 0 radical (unpaired) electrons. The van der Waals surface area contributed by atoms with E-state index in [9.17, 15) is 9.59 Å². The van der Waals surface area contributed by atoms with E-state index in [1.807, 2.05) is 42.5 Å². The van der Waals surface area contributed by atoms with Crippen LogP contribution >= 0.6 is 27.3 Å². The summed E-state index contributed by atoms with van der Waals surface area (Å²) < 4.78 is 1.03. The van der Waals surface area contributed by atoms with Crippen molar-refractivity contribution in [2.45, 2.75) is 19.4 Å². The molecule has 4 aromatic rings. The molecule has 30 heavy (non-hydrogen) atoms. The van der Waals surface area contributed by atoms with E-state index in [4.69, 9.17) is 0 Å². The van der Waals surface area contributed by atoms with Crippen molar-refractivity contribution in [3.8, 4) is 0 Å². The van der Waals surface area contributed by atoms with E-state index in [2.05, 4.69) is 41.7 Å². The van der Waals surface area contributed by atoms with E-state index in [0.717, 1.165) is 26.9 Å². The van der Waals surface area contributed by atoms with Crippen LogP contribution in [0.5, 0.6) is 0 Å². The summed E-state index contributed by atoms with van der Waals surface area (Å²) in [6.45, 7) is 1.62. The van der Waals surface area contributed by atoms with Crippen molar-refractivity contribution in [1.29, 1.82) is 0 Å². The molecular formula is C21H18BrN5O2S. The van der Waals surface area contributed by atoms with Crippen LogP contribution in [0.15, 0.2) is 59.2 Å². The molecule has 0 fully saturated rings. The van der Waals surface area contributed by atoms with Crippen LogP contribution in [0.1, 0.15) is 27.9 Å². The molecule has 152 valence electrons. The van der Waals surface area contributed by atoms with Crippen LogP contribution in [-0.2, 0) is 11.2 Å². The number of halogens is 1. The molecule has 2 aromatic heterocycles. The Bertz CT molecular complexity index is 1200. The number of benzene rings is 2. The van der Waals surface area contributed by atoms with Gasteiger partial charge in [-0.25, -0.2) is 4.98 Å². The summed E-state index contributed by atoms with van der Waals surface area (Å²) in [5.41, 5.74) is 2.18. The third-order valence-electron chi connectivity index (χ3n) is 4.50. The number of rotatable bonds is 6. The van der Waals surface area contributed by atoms with Gasteiger partial charge in [0, 0.05) is 27.4 Å². The van der Waals surface area contributed by atoms with Gasteiger partial charge in [0.05, 0.1) is 5.52 Å². The van der Waals surface area contributed by atoms with Crippen LogP contribution < -0.4 is 10.6 Å². The highest BCUT2D eigenvalue weighted by molar-refractivity contribution is 9.10. The first-order valence-corrected chi connectivity index (χ1v) is 10.8. The second-order valence-corrected chi connectivity index (χ2v) is 8.77. The summed E-state index contributed by atoms with van der Waals surface area (Å²) in [6, 6.07) is 14.7. The summed E-state index contributed by atoms with van der Waals surface area (Å²) in [6.07, 6.45) is 2.49. The molecule has 9 heteroatoms. The maximum Gasteiger partial charge on any atom is 0.273 e. The van der Waals surface area contributed by atoms with Crippen LogP contribution in [0.3, 0.4) is 0 Å². The van der Waals surface area contributed by atoms with Gasteiger partial charge in [0.25, 0.3) is 5.91 Å². The minimum absolute atomic E-state index is 0.260. The zero-order valence-corrected chi connectivity index (χ0v) is 18.4. The van der Waals surface area contributed by atoms with E-state index in [1.54, 1.807) is 19.2 Å². The average Bonchev–Trinajstić information content (AvgIpc) is 3.36. The second kappa shape index (κ2) is 8.76. The van der Waals surface area contributed by atoms with E-state index < -0.39 is 11.9 Å². The fourth-order valence-electron chi connectivity index (χ4n) is 2.93. The van der Waals surface area contributed by atoms with Crippen LogP contribution in [0.2, 0.25) is 0 Å². The first-order valence-electron chi connectivity index (χ1n) is 9.23. The van der Waals surface area contributed by atoms with Gasteiger partial charge in [-0.1, -0.05) is 46.3 Å². The maximum atomic E-state index is 12.5. The highest BCUT2D eigenvalue weighted by Gasteiger charge is 2.21. The molecule has 2 aromatic carbocycles. The third kappa shape index (κ3) is 4.58. The van der Waals surface area contributed by atoms with Gasteiger partial charge < -0.3 is 10.6 Å². The summed E-state index contributed by atoms with van der Waals surface area (Å²) >= 11 is 4.84. The smallest absolute Gasteiger partial charge is 0.273 e. The number of hydrogen-bond donors (Lipinski definition) is 3. The lowest BCUT2D eigenvalue weighted by Crippen LogP contribution is -2.41. The molecule has 1 unspecified atom stereocenters. The van der Waals surface area contributed by atoms with E-state index in [0.29, 0.717) is 10.5 Å². The van der Waals surface area contributed by atoms with E-state index in [-0.39, 0.29) is 11.6 Å². The van der Waals surface area contributed by atoms with Gasteiger partial charge >= 0.3 is 0 Å². The number of anilines is 1. The van der Waals surface area contributed by atoms with Gasteiger partial charge in [0.2, 0.25) is 5.91 Å². The number of carbonyl (C=O) groups excluding carboxylic acids is 2. The number of nitrogens with zero attached hydrogens (tertiary/aromatic N) is 2. The standard InChI is InChI=1S/C21H18BrN5O2S/c1-12(24-20(29)18-16-4-2-3-5-17(16)26-27-18)19(28)25-21-23-11-15(30-21)10-13-6-8-14(22)9-7-13/h2-9,11-12H,10H2,1H3,(H,24,29)(H,26,27)(H,23,25,28). The number of carbonyl (C=O) groups is 2. The van der Waals surface area contributed by atoms with Crippen molar-refractivity contribution < 1.29 is 9.59 Å². The fraction of sp³-hybridized carbons (Fsp3) is 0.143. The third-order valence-corrected chi connectivity index (χ3v) is 5.94. The highest BCUT2D eigenvalue weighted by atomic mass is 79.9.